The summed E-state index contributed by atoms with van der Waals surface area (Å²) in [4.78, 5) is 15.4. The second-order valence-electron chi connectivity index (χ2n) is 4.89. The summed E-state index contributed by atoms with van der Waals surface area (Å²) < 4.78 is 1.77. The molecule has 0 radical (unpaired) electrons. The minimum atomic E-state index is -0.147. The Bertz CT molecular complexity index is 533. The van der Waals surface area contributed by atoms with Gasteiger partial charge in [-0.3, -0.25) is 0 Å². The molecule has 2 aromatic rings. The monoisotopic (exact) mass is 273 g/mol. The van der Waals surface area contributed by atoms with Gasteiger partial charge < -0.3 is 10.6 Å². The summed E-state index contributed by atoms with van der Waals surface area (Å²) in [6.45, 7) is 5.07. The van der Waals surface area contributed by atoms with E-state index in [0.29, 0.717) is 13.1 Å². The molecule has 0 bridgehead atoms. The Hall–Kier alpha value is -2.37. The van der Waals surface area contributed by atoms with Gasteiger partial charge in [0.15, 0.2) is 0 Å². The van der Waals surface area contributed by atoms with Crippen LogP contribution in [0.5, 0.6) is 0 Å². The Morgan fingerprint density at radius 2 is 1.95 bits per heavy atom. The predicted molar refractivity (Wildman–Crippen MR) is 76.1 cm³/mol. The van der Waals surface area contributed by atoms with Crippen LogP contribution in [0.3, 0.4) is 0 Å². The maximum atomic E-state index is 11.5. The number of nitrogens with one attached hydrogen (secondary N) is 2. The molecule has 0 unspecified atom stereocenters. The average molecular weight is 273 g/mol. The molecule has 2 N–H and O–H groups in total. The van der Waals surface area contributed by atoms with E-state index in [0.717, 1.165) is 11.1 Å². The van der Waals surface area contributed by atoms with Crippen LogP contribution in [0.4, 0.5) is 4.79 Å². The summed E-state index contributed by atoms with van der Waals surface area (Å²) >= 11 is 0. The molecule has 0 fully saturated rings. The first-order chi connectivity index (χ1) is 9.63. The molecule has 0 saturated carbocycles. The van der Waals surface area contributed by atoms with E-state index in [-0.39, 0.29) is 12.1 Å². The summed E-state index contributed by atoms with van der Waals surface area (Å²) in [5.74, 6) is 0. The molecule has 106 valence electrons. The third-order valence-electron chi connectivity index (χ3n) is 2.71. The molecule has 6 nitrogen and oxygen atoms in total. The highest BCUT2D eigenvalue weighted by molar-refractivity contribution is 5.74. The van der Waals surface area contributed by atoms with Crippen LogP contribution >= 0.6 is 0 Å². The van der Waals surface area contributed by atoms with Crippen LogP contribution in [-0.2, 0) is 13.1 Å². The largest absolute Gasteiger partial charge is 0.336 e. The van der Waals surface area contributed by atoms with Crippen LogP contribution < -0.4 is 10.6 Å². The third kappa shape index (κ3) is 4.38. The minimum Gasteiger partial charge on any atom is -0.336 e. The van der Waals surface area contributed by atoms with Gasteiger partial charge in [0.2, 0.25) is 0 Å². The van der Waals surface area contributed by atoms with Crippen LogP contribution in [0.25, 0.3) is 0 Å². The van der Waals surface area contributed by atoms with E-state index in [1.54, 1.807) is 11.0 Å². The van der Waals surface area contributed by atoms with Crippen molar-refractivity contribution >= 4 is 6.03 Å². The number of amides is 2. The number of benzene rings is 1. The van der Waals surface area contributed by atoms with E-state index < -0.39 is 0 Å². The van der Waals surface area contributed by atoms with Crippen LogP contribution in [0.1, 0.15) is 25.0 Å². The van der Waals surface area contributed by atoms with E-state index in [4.69, 9.17) is 0 Å². The Kier molecular flexibility index (Phi) is 4.70. The van der Waals surface area contributed by atoms with Crippen molar-refractivity contribution in [3.8, 4) is 0 Å². The molecule has 0 atom stereocenters. The fourth-order valence-electron chi connectivity index (χ4n) is 1.76. The first-order valence-electron chi connectivity index (χ1n) is 6.58. The van der Waals surface area contributed by atoms with E-state index >= 15 is 0 Å². The van der Waals surface area contributed by atoms with Crippen LogP contribution in [-0.4, -0.2) is 26.8 Å². The lowest BCUT2D eigenvalue weighted by Gasteiger charge is -2.10. The zero-order valence-corrected chi connectivity index (χ0v) is 11.7. The highest BCUT2D eigenvalue weighted by Gasteiger charge is 2.02. The predicted octanol–water partition coefficient (Wildman–Crippen LogP) is 1.53. The summed E-state index contributed by atoms with van der Waals surface area (Å²) in [6, 6.07) is 8.05. The van der Waals surface area contributed by atoms with Gasteiger partial charge in [0.25, 0.3) is 0 Å². The maximum Gasteiger partial charge on any atom is 0.315 e. The minimum absolute atomic E-state index is 0.139. The van der Waals surface area contributed by atoms with Crippen molar-refractivity contribution in [2.75, 3.05) is 0 Å². The van der Waals surface area contributed by atoms with Gasteiger partial charge in [-0.05, 0) is 25.0 Å². The van der Waals surface area contributed by atoms with Crippen molar-refractivity contribution in [1.29, 1.82) is 0 Å². The molecule has 2 amide bonds. The van der Waals surface area contributed by atoms with Crippen LogP contribution in [0.15, 0.2) is 36.9 Å². The fraction of sp³-hybridized carbons (Fsp3) is 0.357. The normalized spacial score (nSPS) is 10.6. The Balaban J connectivity index is 1.84. The van der Waals surface area contributed by atoms with Gasteiger partial charge in [0, 0.05) is 12.6 Å². The number of urea groups is 1. The number of aromatic nitrogens is 3. The first kappa shape index (κ1) is 14.0. The second kappa shape index (κ2) is 6.70. The number of rotatable bonds is 5. The molecule has 0 spiro atoms. The Morgan fingerprint density at radius 3 is 2.55 bits per heavy atom. The molecule has 6 heteroatoms. The number of hydrogen-bond acceptors (Lipinski definition) is 3. The van der Waals surface area contributed by atoms with E-state index in [2.05, 4.69) is 20.7 Å². The van der Waals surface area contributed by atoms with Crippen molar-refractivity contribution in [2.45, 2.75) is 33.0 Å². The molecule has 1 aromatic carbocycles. The molecule has 0 aliphatic heterocycles. The Labute approximate surface area is 118 Å². The number of nitrogens with zero attached hydrogens (tertiary/aromatic N) is 3. The maximum absolute atomic E-state index is 11.5. The van der Waals surface area contributed by atoms with E-state index in [1.165, 1.54) is 6.33 Å². The average Bonchev–Trinajstić information content (AvgIpc) is 2.90. The SMILES string of the molecule is CC(C)NC(=O)NCc1ccc(Cn2cncn2)cc1. The second-order valence-corrected chi connectivity index (χ2v) is 4.89. The molecule has 0 aliphatic carbocycles. The van der Waals surface area contributed by atoms with Crippen molar-refractivity contribution in [3.63, 3.8) is 0 Å². The fourth-order valence-corrected chi connectivity index (χ4v) is 1.76. The smallest absolute Gasteiger partial charge is 0.315 e. The molecule has 0 aliphatic rings. The van der Waals surface area contributed by atoms with Gasteiger partial charge in [-0.2, -0.15) is 5.10 Å². The molecular weight excluding hydrogens is 254 g/mol. The zero-order chi connectivity index (χ0) is 14.4. The summed E-state index contributed by atoms with van der Waals surface area (Å²) in [7, 11) is 0. The molecule has 0 saturated heterocycles. The van der Waals surface area contributed by atoms with Gasteiger partial charge in [-0.15, -0.1) is 0 Å². The molecule has 2 rings (SSSR count). The highest BCUT2D eigenvalue weighted by Crippen LogP contribution is 2.05. The lowest BCUT2D eigenvalue weighted by Crippen LogP contribution is -2.39. The van der Waals surface area contributed by atoms with Crippen LogP contribution in [0, 0.1) is 0 Å². The molecule has 20 heavy (non-hydrogen) atoms. The lowest BCUT2D eigenvalue weighted by molar-refractivity contribution is 0.238. The van der Waals surface area contributed by atoms with E-state index in [9.17, 15) is 4.79 Å². The number of hydrogen-bond donors (Lipinski definition) is 2. The standard InChI is InChI=1S/C14H19N5O/c1-11(2)18-14(20)16-7-12-3-5-13(6-4-12)8-19-10-15-9-17-19/h3-6,9-11H,7-8H2,1-2H3,(H2,16,18,20). The lowest BCUT2D eigenvalue weighted by atomic mass is 10.1. The number of carbonyl (C=O) groups is 1. The highest BCUT2D eigenvalue weighted by atomic mass is 16.2. The van der Waals surface area contributed by atoms with Crippen LogP contribution in [0.2, 0.25) is 0 Å². The van der Waals surface area contributed by atoms with Crippen molar-refractivity contribution < 1.29 is 4.79 Å². The van der Waals surface area contributed by atoms with Gasteiger partial charge in [-0.1, -0.05) is 24.3 Å². The van der Waals surface area contributed by atoms with Gasteiger partial charge in [0.1, 0.15) is 12.7 Å². The van der Waals surface area contributed by atoms with E-state index in [1.807, 2.05) is 38.1 Å². The summed E-state index contributed by atoms with van der Waals surface area (Å²) in [6.07, 6.45) is 3.21. The third-order valence-corrected chi connectivity index (χ3v) is 2.71. The van der Waals surface area contributed by atoms with Crippen molar-refractivity contribution in [2.24, 2.45) is 0 Å². The summed E-state index contributed by atoms with van der Waals surface area (Å²) in [5, 5.41) is 9.66. The summed E-state index contributed by atoms with van der Waals surface area (Å²) in [5.41, 5.74) is 2.21. The molecule has 1 heterocycles. The zero-order valence-electron chi connectivity index (χ0n) is 11.7. The molecule has 1 aromatic heterocycles. The quantitative estimate of drug-likeness (QED) is 0.868. The molecular formula is C14H19N5O. The van der Waals surface area contributed by atoms with Gasteiger partial charge in [-0.25, -0.2) is 14.5 Å². The number of carbonyl (C=O) groups excluding carboxylic acids is 1. The topological polar surface area (TPSA) is 71.8 Å². The van der Waals surface area contributed by atoms with Gasteiger partial charge in [0.05, 0.1) is 6.54 Å². The Morgan fingerprint density at radius 1 is 1.25 bits per heavy atom. The van der Waals surface area contributed by atoms with Crippen molar-refractivity contribution in [3.05, 3.63) is 48.0 Å². The van der Waals surface area contributed by atoms with Crippen molar-refractivity contribution in [1.82, 2.24) is 25.4 Å². The first-order valence-corrected chi connectivity index (χ1v) is 6.58. The van der Waals surface area contributed by atoms with Gasteiger partial charge >= 0.3 is 6.03 Å².